The SMILES string of the molecule is COc1cc2c3c(c4ccc(OC)c(O)c4c2cc1OC)C(O)C1CCCN1C3. The van der Waals surface area contributed by atoms with Gasteiger partial charge in [0.05, 0.1) is 27.4 Å². The Kier molecular flexibility index (Phi) is 4.22. The molecule has 2 aliphatic rings. The van der Waals surface area contributed by atoms with Crippen molar-refractivity contribution in [2.75, 3.05) is 27.9 Å². The third-order valence-corrected chi connectivity index (χ3v) is 6.53. The first kappa shape index (κ1) is 18.3. The topological polar surface area (TPSA) is 71.4 Å². The number of methoxy groups -OCH3 is 3. The van der Waals surface area contributed by atoms with Crippen LogP contribution in [0.4, 0.5) is 0 Å². The molecular formula is C23H25NO5. The van der Waals surface area contributed by atoms with Crippen molar-refractivity contribution in [2.45, 2.75) is 31.5 Å². The van der Waals surface area contributed by atoms with Gasteiger partial charge < -0.3 is 24.4 Å². The number of hydrogen-bond acceptors (Lipinski definition) is 6. The molecule has 3 aromatic carbocycles. The zero-order valence-corrected chi connectivity index (χ0v) is 16.9. The van der Waals surface area contributed by atoms with E-state index in [1.165, 1.54) is 7.11 Å². The highest BCUT2D eigenvalue weighted by Gasteiger charge is 2.39. The summed E-state index contributed by atoms with van der Waals surface area (Å²) in [6.45, 7) is 1.76. The van der Waals surface area contributed by atoms with Gasteiger partial charge in [-0.15, -0.1) is 0 Å². The average molecular weight is 395 g/mol. The molecule has 2 aliphatic heterocycles. The summed E-state index contributed by atoms with van der Waals surface area (Å²) >= 11 is 0. The first-order valence-electron chi connectivity index (χ1n) is 9.91. The molecule has 0 aliphatic carbocycles. The summed E-state index contributed by atoms with van der Waals surface area (Å²) in [6.07, 6.45) is 1.46. The monoisotopic (exact) mass is 395 g/mol. The third-order valence-electron chi connectivity index (χ3n) is 6.53. The van der Waals surface area contributed by atoms with E-state index in [1.807, 2.05) is 18.2 Å². The lowest BCUT2D eigenvalue weighted by Crippen LogP contribution is -2.39. The fourth-order valence-electron chi connectivity index (χ4n) is 5.19. The Hall–Kier alpha value is -2.70. The van der Waals surface area contributed by atoms with Crippen LogP contribution in [0.1, 0.15) is 30.1 Å². The number of aliphatic hydroxyl groups is 1. The molecule has 0 aromatic heterocycles. The molecule has 2 atom stereocenters. The fourth-order valence-corrected chi connectivity index (χ4v) is 5.19. The second kappa shape index (κ2) is 6.68. The van der Waals surface area contributed by atoms with Crippen molar-refractivity contribution in [1.82, 2.24) is 4.90 Å². The van der Waals surface area contributed by atoms with Crippen LogP contribution < -0.4 is 14.2 Å². The van der Waals surface area contributed by atoms with Crippen molar-refractivity contribution in [3.05, 3.63) is 35.4 Å². The van der Waals surface area contributed by atoms with Gasteiger partial charge in [-0.2, -0.15) is 0 Å². The highest BCUT2D eigenvalue weighted by atomic mass is 16.5. The highest BCUT2D eigenvalue weighted by Crippen LogP contribution is 2.50. The number of fused-ring (bicyclic) bond motifs is 7. The second-order valence-electron chi connectivity index (χ2n) is 7.81. The lowest BCUT2D eigenvalue weighted by molar-refractivity contribution is 0.0552. The minimum atomic E-state index is -0.603. The molecule has 0 saturated carbocycles. The van der Waals surface area contributed by atoms with Crippen LogP contribution in [-0.4, -0.2) is 49.0 Å². The molecule has 5 rings (SSSR count). The number of ether oxygens (including phenoxy) is 3. The first-order chi connectivity index (χ1) is 14.1. The van der Waals surface area contributed by atoms with Crippen LogP contribution in [0.5, 0.6) is 23.0 Å². The normalized spacial score (nSPS) is 21.2. The summed E-state index contributed by atoms with van der Waals surface area (Å²) < 4.78 is 16.4. The minimum Gasteiger partial charge on any atom is -0.504 e. The van der Waals surface area contributed by atoms with E-state index < -0.39 is 6.10 Å². The van der Waals surface area contributed by atoms with E-state index in [4.69, 9.17) is 14.2 Å². The number of aromatic hydroxyl groups is 1. The molecule has 6 nitrogen and oxygen atoms in total. The molecule has 2 heterocycles. The Morgan fingerprint density at radius 2 is 1.62 bits per heavy atom. The standard InChI is InChI=1S/C23H25NO5/c1-27-17-7-6-12-20(23(17)26)14-10-19(29-3)18(28-2)9-13(14)15-11-24-8-4-5-16(24)22(25)21(12)15/h6-7,9-10,16,22,25-26H,4-5,8,11H2,1-3H3. The van der Waals surface area contributed by atoms with E-state index in [1.54, 1.807) is 20.3 Å². The Labute approximate surface area is 169 Å². The molecule has 2 unspecified atom stereocenters. The van der Waals surface area contributed by atoms with Crippen LogP contribution in [0, 0.1) is 0 Å². The Morgan fingerprint density at radius 3 is 2.31 bits per heavy atom. The van der Waals surface area contributed by atoms with Crippen LogP contribution >= 0.6 is 0 Å². The number of phenols is 1. The number of rotatable bonds is 3. The van der Waals surface area contributed by atoms with Crippen LogP contribution in [0.15, 0.2) is 24.3 Å². The number of aliphatic hydroxyl groups excluding tert-OH is 1. The van der Waals surface area contributed by atoms with E-state index >= 15 is 0 Å². The molecule has 6 heteroatoms. The summed E-state index contributed by atoms with van der Waals surface area (Å²) in [5, 5.41) is 25.7. The summed E-state index contributed by atoms with van der Waals surface area (Å²) in [6, 6.07) is 7.68. The molecule has 0 bridgehead atoms. The first-order valence-corrected chi connectivity index (χ1v) is 9.91. The molecule has 1 saturated heterocycles. The predicted octanol–water partition coefficient (Wildman–Crippen LogP) is 3.74. The van der Waals surface area contributed by atoms with Crippen LogP contribution in [0.2, 0.25) is 0 Å². The minimum absolute atomic E-state index is 0.0751. The zero-order valence-electron chi connectivity index (χ0n) is 16.9. The van der Waals surface area contributed by atoms with E-state index in [9.17, 15) is 10.2 Å². The van der Waals surface area contributed by atoms with Gasteiger partial charge in [0.1, 0.15) is 0 Å². The Balaban J connectivity index is 1.96. The maximum absolute atomic E-state index is 11.3. The van der Waals surface area contributed by atoms with Gasteiger partial charge in [-0.25, -0.2) is 0 Å². The molecule has 0 radical (unpaired) electrons. The van der Waals surface area contributed by atoms with E-state index in [0.29, 0.717) is 22.6 Å². The quantitative estimate of drug-likeness (QED) is 0.659. The Morgan fingerprint density at radius 1 is 0.931 bits per heavy atom. The van der Waals surface area contributed by atoms with Crippen LogP contribution in [0.3, 0.4) is 0 Å². The summed E-state index contributed by atoms with van der Waals surface area (Å²) in [5.41, 5.74) is 1.99. The largest absolute Gasteiger partial charge is 0.504 e. The molecule has 152 valence electrons. The number of phenolic OH excluding ortho intramolecular Hbond substituents is 1. The summed E-state index contributed by atoms with van der Waals surface area (Å²) in [4.78, 5) is 2.36. The van der Waals surface area contributed by atoms with Gasteiger partial charge >= 0.3 is 0 Å². The molecule has 0 amide bonds. The van der Waals surface area contributed by atoms with Gasteiger partial charge in [0.2, 0.25) is 0 Å². The number of nitrogens with zero attached hydrogens (tertiary/aromatic N) is 1. The Bertz CT molecular complexity index is 1130. The average Bonchev–Trinajstić information content (AvgIpc) is 3.22. The van der Waals surface area contributed by atoms with Crippen molar-refractivity contribution in [3.8, 4) is 23.0 Å². The van der Waals surface area contributed by atoms with Crippen molar-refractivity contribution >= 4 is 21.5 Å². The van der Waals surface area contributed by atoms with Gasteiger partial charge in [0, 0.05) is 18.0 Å². The van der Waals surface area contributed by atoms with Gasteiger partial charge in [-0.1, -0.05) is 6.07 Å². The van der Waals surface area contributed by atoms with Crippen molar-refractivity contribution < 1.29 is 24.4 Å². The smallest absolute Gasteiger partial charge is 0.166 e. The number of hydrogen-bond donors (Lipinski definition) is 2. The van der Waals surface area contributed by atoms with Gasteiger partial charge in [-0.05, 0) is 64.9 Å². The predicted molar refractivity (Wildman–Crippen MR) is 111 cm³/mol. The molecule has 0 spiro atoms. The fraction of sp³-hybridized carbons (Fsp3) is 0.391. The van der Waals surface area contributed by atoms with Crippen molar-refractivity contribution in [2.24, 2.45) is 0 Å². The molecular weight excluding hydrogens is 370 g/mol. The second-order valence-corrected chi connectivity index (χ2v) is 7.81. The summed E-state index contributed by atoms with van der Waals surface area (Å²) in [7, 11) is 4.75. The maximum Gasteiger partial charge on any atom is 0.166 e. The van der Waals surface area contributed by atoms with Crippen molar-refractivity contribution in [1.29, 1.82) is 0 Å². The molecule has 2 N–H and O–H groups in total. The lowest BCUT2D eigenvalue weighted by atomic mass is 9.83. The third kappa shape index (κ3) is 2.49. The van der Waals surface area contributed by atoms with Gasteiger partial charge in [-0.3, -0.25) is 4.90 Å². The van der Waals surface area contributed by atoms with E-state index in [2.05, 4.69) is 4.90 Å². The molecule has 29 heavy (non-hydrogen) atoms. The molecule has 1 fully saturated rings. The van der Waals surface area contributed by atoms with E-state index in [0.717, 1.165) is 53.2 Å². The van der Waals surface area contributed by atoms with Crippen molar-refractivity contribution in [3.63, 3.8) is 0 Å². The molecule has 3 aromatic rings. The zero-order chi connectivity index (χ0) is 20.3. The maximum atomic E-state index is 11.3. The number of benzene rings is 3. The van der Waals surface area contributed by atoms with Gasteiger partial charge in [0.15, 0.2) is 23.0 Å². The summed E-state index contributed by atoms with van der Waals surface area (Å²) in [5.74, 6) is 1.70. The van der Waals surface area contributed by atoms with E-state index in [-0.39, 0.29) is 11.8 Å². The highest BCUT2D eigenvalue weighted by molar-refractivity contribution is 6.15. The lowest BCUT2D eigenvalue weighted by Gasteiger charge is -2.37. The van der Waals surface area contributed by atoms with Crippen LogP contribution in [-0.2, 0) is 6.54 Å². The van der Waals surface area contributed by atoms with Crippen LogP contribution in [0.25, 0.3) is 21.5 Å². The van der Waals surface area contributed by atoms with Gasteiger partial charge in [0.25, 0.3) is 0 Å².